The second-order valence-electron chi connectivity index (χ2n) is 3.39. The highest BCUT2D eigenvalue weighted by molar-refractivity contribution is 8.14. The normalized spacial score (nSPS) is 10.4. The van der Waals surface area contributed by atoms with Crippen molar-refractivity contribution in [1.29, 1.82) is 0 Å². The Hall–Kier alpha value is -1.55. The Morgan fingerprint density at radius 1 is 1.29 bits per heavy atom. The smallest absolute Gasteiger partial charge is 0.216 e. The van der Waals surface area contributed by atoms with Crippen LogP contribution < -0.4 is 5.32 Å². The minimum Gasteiger partial charge on any atom is -0.356 e. The third kappa shape index (κ3) is 6.58. The quantitative estimate of drug-likeness (QED) is 0.642. The van der Waals surface area contributed by atoms with Crippen LogP contribution in [0.3, 0.4) is 0 Å². The van der Waals surface area contributed by atoms with E-state index in [2.05, 4.69) is 5.32 Å². The lowest BCUT2D eigenvalue weighted by Gasteiger charge is -1.98. The second-order valence-corrected chi connectivity index (χ2v) is 4.49. The molecule has 0 atom stereocenters. The molecule has 0 unspecified atom stereocenters. The highest BCUT2D eigenvalue weighted by atomic mass is 32.2. The van der Waals surface area contributed by atoms with Gasteiger partial charge in [-0.1, -0.05) is 48.2 Å². The van der Waals surface area contributed by atoms with Crippen molar-refractivity contribution in [3.63, 3.8) is 0 Å². The molecule has 4 heteroatoms. The van der Waals surface area contributed by atoms with Gasteiger partial charge in [-0.3, -0.25) is 9.59 Å². The highest BCUT2D eigenvalue weighted by Crippen LogP contribution is 2.06. The number of thioether (sulfide) groups is 1. The average molecular weight is 249 g/mol. The van der Waals surface area contributed by atoms with Crippen LogP contribution in [-0.4, -0.2) is 23.3 Å². The molecule has 1 amide bonds. The molecule has 90 valence electrons. The lowest BCUT2D eigenvalue weighted by molar-refractivity contribution is -0.118. The molecule has 0 fully saturated rings. The van der Waals surface area contributed by atoms with Crippen molar-refractivity contribution in [3.05, 3.63) is 42.0 Å². The summed E-state index contributed by atoms with van der Waals surface area (Å²) in [5.41, 5.74) is 1.00. The van der Waals surface area contributed by atoms with E-state index < -0.39 is 0 Å². The standard InChI is InChI=1S/C13H15NO2S/c1-11(15)14-9-10-17-13(16)8-7-12-5-3-2-4-6-12/h2-8H,9-10H2,1H3,(H,14,15)/b8-7+. The van der Waals surface area contributed by atoms with Gasteiger partial charge in [-0.05, 0) is 11.6 Å². The van der Waals surface area contributed by atoms with Gasteiger partial charge in [0.1, 0.15) is 0 Å². The molecule has 0 heterocycles. The molecule has 0 spiro atoms. The van der Waals surface area contributed by atoms with E-state index in [0.29, 0.717) is 12.3 Å². The maximum absolute atomic E-state index is 11.4. The lowest BCUT2D eigenvalue weighted by Crippen LogP contribution is -2.22. The fourth-order valence-corrected chi connectivity index (χ4v) is 1.72. The Labute approximate surface area is 105 Å². The van der Waals surface area contributed by atoms with Crippen molar-refractivity contribution in [2.45, 2.75) is 6.92 Å². The van der Waals surface area contributed by atoms with Gasteiger partial charge in [-0.25, -0.2) is 0 Å². The molecular weight excluding hydrogens is 234 g/mol. The molecule has 0 bridgehead atoms. The van der Waals surface area contributed by atoms with Gasteiger partial charge in [0.25, 0.3) is 0 Å². The first-order valence-corrected chi connectivity index (χ1v) is 6.31. The Morgan fingerprint density at radius 3 is 2.65 bits per heavy atom. The summed E-state index contributed by atoms with van der Waals surface area (Å²) in [5, 5.41) is 2.64. The highest BCUT2D eigenvalue weighted by Gasteiger charge is 1.97. The van der Waals surface area contributed by atoms with Crippen LogP contribution in [0, 0.1) is 0 Å². The molecule has 0 aliphatic heterocycles. The van der Waals surface area contributed by atoms with E-state index in [4.69, 9.17) is 0 Å². The number of hydrogen-bond donors (Lipinski definition) is 1. The van der Waals surface area contributed by atoms with Crippen LogP contribution in [0.2, 0.25) is 0 Å². The Balaban J connectivity index is 2.25. The molecule has 1 aromatic carbocycles. The molecule has 0 saturated carbocycles. The van der Waals surface area contributed by atoms with Crippen molar-refractivity contribution in [2.24, 2.45) is 0 Å². The summed E-state index contributed by atoms with van der Waals surface area (Å²) < 4.78 is 0. The predicted molar refractivity (Wildman–Crippen MR) is 71.6 cm³/mol. The van der Waals surface area contributed by atoms with E-state index in [9.17, 15) is 9.59 Å². The summed E-state index contributed by atoms with van der Waals surface area (Å²) in [5.74, 6) is 0.523. The summed E-state index contributed by atoms with van der Waals surface area (Å²) in [6.45, 7) is 1.98. The first-order chi connectivity index (χ1) is 8.18. The maximum atomic E-state index is 11.4. The summed E-state index contributed by atoms with van der Waals surface area (Å²) in [6, 6.07) is 9.65. The summed E-state index contributed by atoms with van der Waals surface area (Å²) >= 11 is 1.20. The Kier molecular flexibility index (Phi) is 6.10. The van der Waals surface area contributed by atoms with Gasteiger partial charge >= 0.3 is 0 Å². The molecule has 0 aliphatic carbocycles. The fourth-order valence-electron chi connectivity index (χ4n) is 1.16. The van der Waals surface area contributed by atoms with Crippen LogP contribution in [0.25, 0.3) is 6.08 Å². The number of carbonyl (C=O) groups excluding carboxylic acids is 2. The molecule has 17 heavy (non-hydrogen) atoms. The molecule has 1 N–H and O–H groups in total. The number of amides is 1. The largest absolute Gasteiger partial charge is 0.356 e. The number of rotatable bonds is 5. The zero-order valence-corrected chi connectivity index (χ0v) is 10.5. The van der Waals surface area contributed by atoms with Crippen LogP contribution in [0.1, 0.15) is 12.5 Å². The van der Waals surface area contributed by atoms with Gasteiger partial charge in [0.2, 0.25) is 11.0 Å². The second kappa shape index (κ2) is 7.68. The molecule has 1 aromatic rings. The van der Waals surface area contributed by atoms with E-state index in [1.165, 1.54) is 18.7 Å². The lowest BCUT2D eigenvalue weighted by atomic mass is 10.2. The van der Waals surface area contributed by atoms with Crippen molar-refractivity contribution < 1.29 is 9.59 Å². The molecule has 0 aromatic heterocycles. The maximum Gasteiger partial charge on any atom is 0.216 e. The van der Waals surface area contributed by atoms with Gasteiger partial charge in [0.15, 0.2) is 0 Å². The van der Waals surface area contributed by atoms with Crippen LogP contribution in [0.4, 0.5) is 0 Å². The fraction of sp³-hybridized carbons (Fsp3) is 0.231. The summed E-state index contributed by atoms with van der Waals surface area (Å²) in [6.07, 6.45) is 3.33. The van der Waals surface area contributed by atoms with Crippen molar-refractivity contribution >= 4 is 28.9 Å². The molecule has 0 aliphatic rings. The molecule has 0 radical (unpaired) electrons. The van der Waals surface area contributed by atoms with Crippen LogP contribution in [0.15, 0.2) is 36.4 Å². The van der Waals surface area contributed by atoms with E-state index in [1.807, 2.05) is 30.3 Å². The topological polar surface area (TPSA) is 46.2 Å². The zero-order chi connectivity index (χ0) is 12.5. The molecule has 1 rings (SSSR count). The Morgan fingerprint density at radius 2 is 2.00 bits per heavy atom. The van der Waals surface area contributed by atoms with E-state index in [1.54, 1.807) is 12.2 Å². The number of nitrogens with one attached hydrogen (secondary N) is 1. The van der Waals surface area contributed by atoms with Gasteiger partial charge < -0.3 is 5.32 Å². The minimum absolute atomic E-state index is 0.000736. The van der Waals surface area contributed by atoms with E-state index >= 15 is 0 Å². The number of benzene rings is 1. The zero-order valence-electron chi connectivity index (χ0n) is 9.68. The molecule has 3 nitrogen and oxygen atoms in total. The van der Waals surface area contributed by atoms with Crippen LogP contribution in [0.5, 0.6) is 0 Å². The van der Waals surface area contributed by atoms with Crippen LogP contribution in [-0.2, 0) is 9.59 Å². The summed E-state index contributed by atoms with van der Waals surface area (Å²) in [4.78, 5) is 22.0. The first kappa shape index (κ1) is 13.5. The third-order valence-electron chi connectivity index (χ3n) is 1.93. The third-order valence-corrected chi connectivity index (χ3v) is 2.76. The van der Waals surface area contributed by atoms with E-state index in [0.717, 1.165) is 5.56 Å². The number of hydrogen-bond acceptors (Lipinski definition) is 3. The van der Waals surface area contributed by atoms with Crippen LogP contribution >= 0.6 is 11.8 Å². The van der Waals surface area contributed by atoms with Gasteiger partial charge in [0.05, 0.1) is 0 Å². The van der Waals surface area contributed by atoms with Gasteiger partial charge in [-0.2, -0.15) is 0 Å². The van der Waals surface area contributed by atoms with Gasteiger partial charge in [-0.15, -0.1) is 0 Å². The van der Waals surface area contributed by atoms with Crippen molar-refractivity contribution in [3.8, 4) is 0 Å². The summed E-state index contributed by atoms with van der Waals surface area (Å²) in [7, 11) is 0. The molecular formula is C13H15NO2S. The van der Waals surface area contributed by atoms with Crippen molar-refractivity contribution in [2.75, 3.05) is 12.3 Å². The van der Waals surface area contributed by atoms with E-state index in [-0.39, 0.29) is 11.0 Å². The first-order valence-electron chi connectivity index (χ1n) is 5.33. The minimum atomic E-state index is -0.0714. The van der Waals surface area contributed by atoms with Crippen molar-refractivity contribution in [1.82, 2.24) is 5.32 Å². The Bertz CT molecular complexity index is 401. The number of carbonyl (C=O) groups is 2. The monoisotopic (exact) mass is 249 g/mol. The molecule has 0 saturated heterocycles. The predicted octanol–water partition coefficient (Wildman–Crippen LogP) is 2.10. The average Bonchev–Trinajstić information content (AvgIpc) is 2.33. The SMILES string of the molecule is CC(=O)NCCSC(=O)/C=C/c1ccccc1. The van der Waals surface area contributed by atoms with Gasteiger partial charge in [0, 0.05) is 19.2 Å².